The van der Waals surface area contributed by atoms with Crippen molar-refractivity contribution < 1.29 is 23.9 Å². The molecule has 1 rings (SSSR count). The lowest BCUT2D eigenvalue weighted by molar-refractivity contribution is -0.137. The minimum atomic E-state index is -0.365. The van der Waals surface area contributed by atoms with Crippen LogP contribution >= 0.6 is 0 Å². The van der Waals surface area contributed by atoms with E-state index < -0.39 is 0 Å². The van der Waals surface area contributed by atoms with E-state index in [0.29, 0.717) is 32.5 Å². The van der Waals surface area contributed by atoms with E-state index in [-0.39, 0.29) is 36.3 Å². The summed E-state index contributed by atoms with van der Waals surface area (Å²) in [4.78, 5) is 45.8. The van der Waals surface area contributed by atoms with Crippen LogP contribution in [0.1, 0.15) is 32.6 Å². The third kappa shape index (κ3) is 5.88. The SMILES string of the molecule is CC(=O)CCOCCCC(=O)CCN1C(=O)C=CC1=O. The van der Waals surface area contributed by atoms with Gasteiger partial charge in [0, 0.05) is 44.6 Å². The van der Waals surface area contributed by atoms with Gasteiger partial charge in [0.25, 0.3) is 11.8 Å². The molecule has 0 aromatic rings. The Morgan fingerprint density at radius 1 is 1.05 bits per heavy atom. The summed E-state index contributed by atoms with van der Waals surface area (Å²) in [5.74, 6) is -0.659. The Bertz CT molecular complexity index is 409. The highest BCUT2D eigenvalue weighted by molar-refractivity contribution is 6.13. The second-order valence-corrected chi connectivity index (χ2v) is 4.62. The van der Waals surface area contributed by atoms with Gasteiger partial charge in [-0.2, -0.15) is 0 Å². The first kappa shape index (κ1) is 16.2. The standard InChI is InChI=1S/C14H19NO5/c1-11(16)7-10-20-9-2-3-12(17)6-8-15-13(18)4-5-14(15)19/h4-5H,2-3,6-10H2,1H3. The maximum absolute atomic E-state index is 11.6. The van der Waals surface area contributed by atoms with E-state index in [1.165, 1.54) is 19.1 Å². The molecule has 0 saturated heterocycles. The van der Waals surface area contributed by atoms with E-state index in [0.717, 1.165) is 4.90 Å². The fraction of sp³-hybridized carbons (Fsp3) is 0.571. The number of ketones is 2. The van der Waals surface area contributed by atoms with E-state index in [9.17, 15) is 19.2 Å². The molecule has 1 heterocycles. The van der Waals surface area contributed by atoms with Gasteiger partial charge in [-0.25, -0.2) is 0 Å². The zero-order valence-electron chi connectivity index (χ0n) is 11.6. The number of hydrogen-bond acceptors (Lipinski definition) is 5. The average molecular weight is 281 g/mol. The van der Waals surface area contributed by atoms with Crippen LogP contribution in [0.4, 0.5) is 0 Å². The van der Waals surface area contributed by atoms with Crippen molar-refractivity contribution in [2.75, 3.05) is 19.8 Å². The third-order valence-electron chi connectivity index (χ3n) is 2.86. The smallest absolute Gasteiger partial charge is 0.253 e. The van der Waals surface area contributed by atoms with Crippen molar-refractivity contribution in [1.29, 1.82) is 0 Å². The molecule has 2 amide bonds. The zero-order valence-corrected chi connectivity index (χ0v) is 11.6. The van der Waals surface area contributed by atoms with Gasteiger partial charge < -0.3 is 4.74 Å². The van der Waals surface area contributed by atoms with Crippen molar-refractivity contribution in [2.24, 2.45) is 0 Å². The summed E-state index contributed by atoms with van der Waals surface area (Å²) in [6.45, 7) is 2.45. The van der Waals surface area contributed by atoms with Crippen LogP contribution in [0.25, 0.3) is 0 Å². The Morgan fingerprint density at radius 2 is 1.70 bits per heavy atom. The van der Waals surface area contributed by atoms with E-state index in [4.69, 9.17) is 4.74 Å². The second kappa shape index (κ2) is 8.37. The summed E-state index contributed by atoms with van der Waals surface area (Å²) < 4.78 is 5.21. The second-order valence-electron chi connectivity index (χ2n) is 4.62. The predicted octanol–water partition coefficient (Wildman–Crippen LogP) is 0.646. The lowest BCUT2D eigenvalue weighted by Crippen LogP contribution is -2.32. The molecule has 0 fully saturated rings. The number of carbonyl (C=O) groups is 4. The number of hydrogen-bond donors (Lipinski definition) is 0. The molecule has 0 aromatic carbocycles. The van der Waals surface area contributed by atoms with Crippen molar-refractivity contribution in [3.63, 3.8) is 0 Å². The molecule has 1 aliphatic heterocycles. The van der Waals surface area contributed by atoms with Gasteiger partial charge in [0.2, 0.25) is 0 Å². The van der Waals surface area contributed by atoms with Crippen molar-refractivity contribution in [2.45, 2.75) is 32.6 Å². The summed E-state index contributed by atoms with van der Waals surface area (Å²) >= 11 is 0. The molecule has 0 aliphatic carbocycles. The summed E-state index contributed by atoms with van der Waals surface area (Å²) in [5.41, 5.74) is 0. The molecule has 0 radical (unpaired) electrons. The normalized spacial score (nSPS) is 14.2. The largest absolute Gasteiger partial charge is 0.381 e. The summed E-state index contributed by atoms with van der Waals surface area (Å²) in [7, 11) is 0. The van der Waals surface area contributed by atoms with Gasteiger partial charge in [0.05, 0.1) is 6.61 Å². The van der Waals surface area contributed by atoms with Crippen LogP contribution in [0, 0.1) is 0 Å². The molecule has 6 nitrogen and oxygen atoms in total. The van der Waals surface area contributed by atoms with Crippen molar-refractivity contribution >= 4 is 23.4 Å². The predicted molar refractivity (Wildman–Crippen MR) is 70.8 cm³/mol. The Balaban J connectivity index is 2.05. The summed E-state index contributed by atoms with van der Waals surface area (Å²) in [6, 6.07) is 0. The molecule has 0 atom stereocenters. The van der Waals surface area contributed by atoms with Gasteiger partial charge in [0.1, 0.15) is 11.6 Å². The zero-order chi connectivity index (χ0) is 15.0. The monoisotopic (exact) mass is 281 g/mol. The quantitative estimate of drug-likeness (QED) is 0.434. The van der Waals surface area contributed by atoms with Crippen LogP contribution < -0.4 is 0 Å². The fourth-order valence-electron chi connectivity index (χ4n) is 1.70. The highest BCUT2D eigenvalue weighted by Crippen LogP contribution is 2.06. The Morgan fingerprint density at radius 3 is 2.30 bits per heavy atom. The molecule has 1 aliphatic rings. The highest BCUT2D eigenvalue weighted by Gasteiger charge is 2.23. The number of carbonyl (C=O) groups excluding carboxylic acids is 4. The number of rotatable bonds is 10. The lowest BCUT2D eigenvalue weighted by atomic mass is 10.1. The third-order valence-corrected chi connectivity index (χ3v) is 2.86. The van der Waals surface area contributed by atoms with Gasteiger partial charge in [0.15, 0.2) is 0 Å². The highest BCUT2D eigenvalue weighted by atomic mass is 16.5. The van der Waals surface area contributed by atoms with Crippen molar-refractivity contribution in [3.8, 4) is 0 Å². The number of imide groups is 1. The molecule has 0 unspecified atom stereocenters. The molecule has 0 aromatic heterocycles. The van der Waals surface area contributed by atoms with Gasteiger partial charge in [-0.15, -0.1) is 0 Å². The molecular formula is C14H19NO5. The molecule has 0 bridgehead atoms. The minimum absolute atomic E-state index is 0.00679. The maximum atomic E-state index is 11.6. The summed E-state index contributed by atoms with van der Waals surface area (Å²) in [5, 5.41) is 0. The Labute approximate surface area is 117 Å². The topological polar surface area (TPSA) is 80.8 Å². The first-order valence-electron chi connectivity index (χ1n) is 6.63. The number of nitrogens with zero attached hydrogens (tertiary/aromatic N) is 1. The van der Waals surface area contributed by atoms with Gasteiger partial charge in [-0.3, -0.25) is 24.1 Å². The molecular weight excluding hydrogens is 262 g/mol. The van der Waals surface area contributed by atoms with Crippen LogP contribution in [0.15, 0.2) is 12.2 Å². The molecule has 110 valence electrons. The number of ether oxygens (including phenoxy) is 1. The molecule has 0 N–H and O–H groups in total. The summed E-state index contributed by atoms with van der Waals surface area (Å²) in [6.07, 6.45) is 3.90. The van der Waals surface area contributed by atoms with E-state index >= 15 is 0 Å². The van der Waals surface area contributed by atoms with Gasteiger partial charge in [-0.1, -0.05) is 0 Å². The molecule has 6 heteroatoms. The van der Waals surface area contributed by atoms with E-state index in [1.807, 2.05) is 0 Å². The van der Waals surface area contributed by atoms with Crippen molar-refractivity contribution in [1.82, 2.24) is 4.90 Å². The lowest BCUT2D eigenvalue weighted by Gasteiger charge is -2.12. The number of Topliss-reactive ketones (excluding diaryl/α,β-unsaturated/α-hetero) is 2. The van der Waals surface area contributed by atoms with Crippen LogP contribution in [0.5, 0.6) is 0 Å². The molecule has 0 saturated carbocycles. The first-order chi connectivity index (χ1) is 9.50. The van der Waals surface area contributed by atoms with E-state index in [2.05, 4.69) is 0 Å². The molecule has 20 heavy (non-hydrogen) atoms. The van der Waals surface area contributed by atoms with Crippen LogP contribution in [0.3, 0.4) is 0 Å². The van der Waals surface area contributed by atoms with Crippen LogP contribution in [-0.4, -0.2) is 48.0 Å². The first-order valence-corrected chi connectivity index (χ1v) is 6.63. The van der Waals surface area contributed by atoms with E-state index in [1.54, 1.807) is 0 Å². The fourth-order valence-corrected chi connectivity index (χ4v) is 1.70. The maximum Gasteiger partial charge on any atom is 0.253 e. The molecule has 0 spiro atoms. The number of amides is 2. The Hall–Kier alpha value is -1.82. The van der Waals surface area contributed by atoms with Crippen molar-refractivity contribution in [3.05, 3.63) is 12.2 Å². The minimum Gasteiger partial charge on any atom is -0.381 e. The average Bonchev–Trinajstić information content (AvgIpc) is 2.70. The van der Waals surface area contributed by atoms with Crippen LogP contribution in [-0.2, 0) is 23.9 Å². The van der Waals surface area contributed by atoms with Gasteiger partial charge in [-0.05, 0) is 13.3 Å². The Kier molecular flexibility index (Phi) is 6.79. The van der Waals surface area contributed by atoms with Crippen LogP contribution in [0.2, 0.25) is 0 Å². The van der Waals surface area contributed by atoms with Gasteiger partial charge >= 0.3 is 0 Å².